The van der Waals surface area contributed by atoms with Gasteiger partial charge in [0.05, 0.1) is 5.69 Å². The van der Waals surface area contributed by atoms with Gasteiger partial charge in [0.2, 0.25) is 5.88 Å². The first-order valence-electron chi connectivity index (χ1n) is 10.8. The number of aryl methyl sites for hydroxylation is 1. The Morgan fingerprint density at radius 1 is 1.18 bits per heavy atom. The van der Waals surface area contributed by atoms with E-state index in [0.29, 0.717) is 17.3 Å². The zero-order valence-electron chi connectivity index (χ0n) is 18.4. The Hall–Kier alpha value is -3.79. The topological polar surface area (TPSA) is 98.9 Å². The van der Waals surface area contributed by atoms with E-state index in [1.165, 1.54) is 17.1 Å². The lowest BCUT2D eigenvalue weighted by Gasteiger charge is -2.23. The van der Waals surface area contributed by atoms with Crippen molar-refractivity contribution in [3.05, 3.63) is 64.5 Å². The second-order valence-corrected chi connectivity index (χ2v) is 8.07. The first-order chi connectivity index (χ1) is 16.0. The van der Waals surface area contributed by atoms with Crippen LogP contribution in [-0.4, -0.2) is 43.5 Å². The van der Waals surface area contributed by atoms with Crippen LogP contribution in [0.1, 0.15) is 18.4 Å². The number of anilines is 2. The normalized spacial score (nSPS) is 14.5. The van der Waals surface area contributed by atoms with E-state index < -0.39 is 5.82 Å². The van der Waals surface area contributed by atoms with Crippen molar-refractivity contribution in [1.82, 2.24) is 29.6 Å². The molecule has 0 spiro atoms. The molecule has 0 bridgehead atoms. The average Bonchev–Trinajstić information content (AvgIpc) is 3.08. The fourth-order valence-electron chi connectivity index (χ4n) is 4.02. The number of nitrogens with one attached hydrogen (secondary N) is 2. The van der Waals surface area contributed by atoms with E-state index in [1.54, 1.807) is 36.0 Å². The summed E-state index contributed by atoms with van der Waals surface area (Å²) in [5.41, 5.74) is 1.15. The molecule has 170 valence electrons. The molecule has 4 heterocycles. The maximum Gasteiger partial charge on any atom is 0.280 e. The molecule has 10 heteroatoms. The Morgan fingerprint density at radius 3 is 2.82 bits per heavy atom. The second kappa shape index (κ2) is 8.62. The summed E-state index contributed by atoms with van der Waals surface area (Å²) in [5, 5.41) is 6.50. The van der Waals surface area contributed by atoms with Gasteiger partial charge < -0.3 is 15.4 Å². The Labute approximate surface area is 189 Å². The number of hydrogen-bond acceptors (Lipinski definition) is 7. The molecule has 0 saturated carbocycles. The van der Waals surface area contributed by atoms with Crippen molar-refractivity contribution < 1.29 is 9.13 Å². The van der Waals surface area contributed by atoms with Gasteiger partial charge in [-0.15, -0.1) is 0 Å². The molecule has 5 rings (SSSR count). The Morgan fingerprint density at radius 2 is 2.00 bits per heavy atom. The van der Waals surface area contributed by atoms with Crippen LogP contribution < -0.4 is 20.9 Å². The Bertz CT molecular complexity index is 1380. The van der Waals surface area contributed by atoms with Gasteiger partial charge in [-0.05, 0) is 56.6 Å². The van der Waals surface area contributed by atoms with Crippen LogP contribution in [0.15, 0.2) is 47.5 Å². The number of benzene rings is 1. The molecule has 0 unspecified atom stereocenters. The zero-order chi connectivity index (χ0) is 22.9. The van der Waals surface area contributed by atoms with Gasteiger partial charge in [0.15, 0.2) is 11.5 Å². The van der Waals surface area contributed by atoms with E-state index in [4.69, 9.17) is 4.74 Å². The minimum absolute atomic E-state index is 0.0987. The maximum absolute atomic E-state index is 14.3. The highest BCUT2D eigenvalue weighted by atomic mass is 19.1. The number of aromatic nitrogens is 5. The number of piperidine rings is 1. The molecule has 1 aliphatic rings. The molecular formula is C23H24FN7O2. The molecule has 0 atom stereocenters. The maximum atomic E-state index is 14.3. The number of pyridine rings is 1. The number of nitrogens with zero attached hydrogens (tertiary/aromatic N) is 5. The highest BCUT2D eigenvalue weighted by Gasteiger charge is 2.21. The monoisotopic (exact) mass is 449 g/mol. The Balaban J connectivity index is 1.56. The van der Waals surface area contributed by atoms with Gasteiger partial charge in [0.25, 0.3) is 5.56 Å². The highest BCUT2D eigenvalue weighted by Crippen LogP contribution is 2.25. The summed E-state index contributed by atoms with van der Waals surface area (Å²) >= 11 is 0. The van der Waals surface area contributed by atoms with Gasteiger partial charge in [0.1, 0.15) is 29.5 Å². The van der Waals surface area contributed by atoms with Crippen molar-refractivity contribution >= 4 is 22.5 Å². The van der Waals surface area contributed by atoms with Crippen molar-refractivity contribution in [2.24, 2.45) is 7.05 Å². The SMILES string of the molecule is Cc1ccc(F)c(Nc2ncnc3c2c(=O)n(C)n3-c2cccc(OC3CCNCC3)n2)c1. The van der Waals surface area contributed by atoms with E-state index in [-0.39, 0.29) is 28.6 Å². The molecule has 4 aromatic rings. The van der Waals surface area contributed by atoms with E-state index >= 15 is 0 Å². The minimum Gasteiger partial charge on any atom is -0.474 e. The summed E-state index contributed by atoms with van der Waals surface area (Å²) in [5.74, 6) is 0.768. The van der Waals surface area contributed by atoms with Crippen molar-refractivity contribution in [2.45, 2.75) is 25.9 Å². The molecular weight excluding hydrogens is 425 g/mol. The van der Waals surface area contributed by atoms with Gasteiger partial charge >= 0.3 is 0 Å². The summed E-state index contributed by atoms with van der Waals surface area (Å²) in [6.45, 7) is 3.69. The van der Waals surface area contributed by atoms with Gasteiger partial charge in [-0.1, -0.05) is 12.1 Å². The molecule has 33 heavy (non-hydrogen) atoms. The summed E-state index contributed by atoms with van der Waals surface area (Å²) in [4.78, 5) is 26.3. The first kappa shape index (κ1) is 21.1. The molecule has 3 aromatic heterocycles. The number of rotatable bonds is 5. The smallest absolute Gasteiger partial charge is 0.280 e. The number of hydrogen-bond donors (Lipinski definition) is 2. The standard InChI is InChI=1S/C23H24FN7O2/c1-14-6-7-16(24)17(12-14)28-21-20-22(27-13-26-21)31(30(2)23(20)32)18-4-3-5-19(29-18)33-15-8-10-25-11-9-15/h3-7,12-13,15,25H,8-11H2,1-2H3,(H,26,27,28). The fourth-order valence-corrected chi connectivity index (χ4v) is 4.02. The molecule has 0 aliphatic carbocycles. The van der Waals surface area contributed by atoms with Crippen LogP contribution in [-0.2, 0) is 7.05 Å². The highest BCUT2D eigenvalue weighted by molar-refractivity contribution is 5.89. The van der Waals surface area contributed by atoms with Crippen LogP contribution in [0.2, 0.25) is 0 Å². The molecule has 2 N–H and O–H groups in total. The van der Waals surface area contributed by atoms with Gasteiger partial charge in [-0.3, -0.25) is 4.79 Å². The van der Waals surface area contributed by atoms with E-state index in [9.17, 15) is 9.18 Å². The van der Waals surface area contributed by atoms with Crippen molar-refractivity contribution in [3.8, 4) is 11.7 Å². The molecule has 1 aliphatic heterocycles. The van der Waals surface area contributed by atoms with Crippen molar-refractivity contribution in [3.63, 3.8) is 0 Å². The zero-order valence-corrected chi connectivity index (χ0v) is 18.4. The third kappa shape index (κ3) is 4.05. The van der Waals surface area contributed by atoms with Crippen LogP contribution in [0.5, 0.6) is 5.88 Å². The quantitative estimate of drug-likeness (QED) is 0.483. The van der Waals surface area contributed by atoms with E-state index in [0.717, 1.165) is 31.5 Å². The van der Waals surface area contributed by atoms with Crippen molar-refractivity contribution in [1.29, 1.82) is 0 Å². The molecule has 0 radical (unpaired) electrons. The predicted molar refractivity (Wildman–Crippen MR) is 123 cm³/mol. The summed E-state index contributed by atoms with van der Waals surface area (Å²) in [6, 6.07) is 10.1. The van der Waals surface area contributed by atoms with Crippen LogP contribution in [0, 0.1) is 12.7 Å². The molecule has 0 amide bonds. The Kier molecular flexibility index (Phi) is 5.51. The van der Waals surface area contributed by atoms with Crippen LogP contribution in [0.4, 0.5) is 15.9 Å². The lowest BCUT2D eigenvalue weighted by atomic mass is 10.1. The number of halogens is 1. The molecule has 1 saturated heterocycles. The van der Waals surface area contributed by atoms with Gasteiger partial charge in [0, 0.05) is 13.1 Å². The van der Waals surface area contributed by atoms with Crippen LogP contribution >= 0.6 is 0 Å². The van der Waals surface area contributed by atoms with Gasteiger partial charge in [-0.2, -0.15) is 4.98 Å². The van der Waals surface area contributed by atoms with E-state index in [2.05, 4.69) is 25.6 Å². The number of fused-ring (bicyclic) bond motifs is 1. The fraction of sp³-hybridized carbons (Fsp3) is 0.304. The number of ether oxygens (including phenoxy) is 1. The molecule has 1 aromatic carbocycles. The average molecular weight is 449 g/mol. The second-order valence-electron chi connectivity index (χ2n) is 8.07. The lowest BCUT2D eigenvalue weighted by Crippen LogP contribution is -2.34. The third-order valence-corrected chi connectivity index (χ3v) is 5.71. The van der Waals surface area contributed by atoms with Gasteiger partial charge in [-0.25, -0.2) is 23.7 Å². The molecule has 1 fully saturated rings. The molecule has 9 nitrogen and oxygen atoms in total. The van der Waals surface area contributed by atoms with Crippen LogP contribution in [0.3, 0.4) is 0 Å². The minimum atomic E-state index is -0.437. The third-order valence-electron chi connectivity index (χ3n) is 5.71. The van der Waals surface area contributed by atoms with E-state index in [1.807, 2.05) is 13.0 Å². The lowest BCUT2D eigenvalue weighted by molar-refractivity contribution is 0.156. The van der Waals surface area contributed by atoms with Crippen LogP contribution in [0.25, 0.3) is 16.9 Å². The summed E-state index contributed by atoms with van der Waals surface area (Å²) in [6.07, 6.45) is 3.26. The first-order valence-corrected chi connectivity index (χ1v) is 10.8. The largest absolute Gasteiger partial charge is 0.474 e. The van der Waals surface area contributed by atoms with Crippen molar-refractivity contribution in [2.75, 3.05) is 18.4 Å². The summed E-state index contributed by atoms with van der Waals surface area (Å²) < 4.78 is 23.4. The predicted octanol–water partition coefficient (Wildman–Crippen LogP) is 2.84. The summed E-state index contributed by atoms with van der Waals surface area (Å²) in [7, 11) is 1.63.